The summed E-state index contributed by atoms with van der Waals surface area (Å²) < 4.78 is 4.99. The van der Waals surface area contributed by atoms with Crippen LogP contribution in [0.5, 0.6) is 0 Å². The van der Waals surface area contributed by atoms with E-state index >= 15 is 0 Å². The summed E-state index contributed by atoms with van der Waals surface area (Å²) in [4.78, 5) is 0. The largest absolute Gasteiger partial charge is 0.472 e. The van der Waals surface area contributed by atoms with Gasteiger partial charge in [0.05, 0.1) is 12.5 Å². The van der Waals surface area contributed by atoms with Gasteiger partial charge in [-0.25, -0.2) is 0 Å². The number of benzene rings is 1. The van der Waals surface area contributed by atoms with Crippen molar-refractivity contribution >= 4 is 11.4 Å². The molecule has 0 saturated heterocycles. The lowest BCUT2D eigenvalue weighted by Gasteiger charge is -2.09. The average molecular weight is 202 g/mol. The van der Waals surface area contributed by atoms with Crippen molar-refractivity contribution in [1.29, 1.82) is 0 Å². The van der Waals surface area contributed by atoms with Crippen LogP contribution >= 0.6 is 0 Å². The summed E-state index contributed by atoms with van der Waals surface area (Å²) in [5, 5.41) is 3.32. The predicted molar refractivity (Wildman–Crippen MR) is 61.6 cm³/mol. The first kappa shape index (κ1) is 9.65. The van der Waals surface area contributed by atoms with E-state index in [2.05, 4.69) is 5.32 Å². The van der Waals surface area contributed by atoms with E-state index in [-0.39, 0.29) is 0 Å². The van der Waals surface area contributed by atoms with E-state index < -0.39 is 0 Å². The molecule has 0 atom stereocenters. The van der Waals surface area contributed by atoms with Crippen molar-refractivity contribution in [1.82, 2.24) is 0 Å². The summed E-state index contributed by atoms with van der Waals surface area (Å²) >= 11 is 0. The normalized spacial score (nSPS) is 10.2. The highest BCUT2D eigenvalue weighted by Gasteiger charge is 2.00. The van der Waals surface area contributed by atoms with Gasteiger partial charge in [-0.3, -0.25) is 0 Å². The highest BCUT2D eigenvalue weighted by molar-refractivity contribution is 5.62. The molecule has 0 radical (unpaired) electrons. The molecule has 2 rings (SSSR count). The molecule has 1 aromatic carbocycles. The average Bonchev–Trinajstić information content (AvgIpc) is 2.73. The summed E-state index contributed by atoms with van der Waals surface area (Å²) in [7, 11) is 0. The van der Waals surface area contributed by atoms with E-state index in [1.807, 2.05) is 31.2 Å². The number of hydrogen-bond donors (Lipinski definition) is 2. The fourth-order valence-corrected chi connectivity index (χ4v) is 1.44. The molecule has 0 spiro atoms. The van der Waals surface area contributed by atoms with Crippen molar-refractivity contribution in [3.63, 3.8) is 0 Å². The van der Waals surface area contributed by atoms with E-state index in [0.29, 0.717) is 0 Å². The van der Waals surface area contributed by atoms with Gasteiger partial charge >= 0.3 is 0 Å². The Hall–Kier alpha value is -1.90. The van der Waals surface area contributed by atoms with Gasteiger partial charge in [0.25, 0.3) is 0 Å². The highest BCUT2D eigenvalue weighted by Crippen LogP contribution is 2.20. The van der Waals surface area contributed by atoms with Crippen LogP contribution in [-0.4, -0.2) is 0 Å². The molecule has 2 aromatic rings. The Morgan fingerprint density at radius 2 is 2.20 bits per heavy atom. The Morgan fingerprint density at radius 1 is 1.33 bits per heavy atom. The zero-order valence-corrected chi connectivity index (χ0v) is 8.66. The van der Waals surface area contributed by atoms with Crippen molar-refractivity contribution in [3.8, 4) is 0 Å². The van der Waals surface area contributed by atoms with Gasteiger partial charge in [-0.2, -0.15) is 0 Å². The number of rotatable bonds is 3. The molecule has 0 unspecified atom stereocenters. The van der Waals surface area contributed by atoms with Crippen LogP contribution in [0.25, 0.3) is 0 Å². The number of anilines is 2. The molecule has 3 nitrogen and oxygen atoms in total. The standard InChI is InChI=1S/C12H14N2O/c1-9-11(13)3-2-4-12(9)14-7-10-5-6-15-8-10/h2-6,8,14H,7,13H2,1H3. The molecule has 0 aliphatic heterocycles. The Balaban J connectivity index is 2.08. The second-order valence-corrected chi connectivity index (χ2v) is 3.50. The van der Waals surface area contributed by atoms with Crippen LogP contribution in [0.2, 0.25) is 0 Å². The maximum atomic E-state index is 5.81. The van der Waals surface area contributed by atoms with Crippen molar-refractivity contribution in [3.05, 3.63) is 47.9 Å². The lowest BCUT2D eigenvalue weighted by Crippen LogP contribution is -2.01. The van der Waals surface area contributed by atoms with Crippen molar-refractivity contribution < 1.29 is 4.42 Å². The number of nitrogens with one attached hydrogen (secondary N) is 1. The Labute approximate surface area is 88.9 Å². The molecular weight excluding hydrogens is 188 g/mol. The molecule has 0 aliphatic rings. The molecule has 78 valence electrons. The fourth-order valence-electron chi connectivity index (χ4n) is 1.44. The number of furan rings is 1. The zero-order chi connectivity index (χ0) is 10.7. The van der Waals surface area contributed by atoms with Gasteiger partial charge in [-0.1, -0.05) is 6.07 Å². The Kier molecular flexibility index (Phi) is 2.63. The number of hydrogen-bond acceptors (Lipinski definition) is 3. The van der Waals surface area contributed by atoms with E-state index in [1.165, 1.54) is 0 Å². The molecular formula is C12H14N2O. The van der Waals surface area contributed by atoms with Gasteiger partial charge in [-0.05, 0) is 30.7 Å². The predicted octanol–water partition coefficient (Wildman–Crippen LogP) is 2.78. The lowest BCUT2D eigenvalue weighted by molar-refractivity contribution is 0.564. The highest BCUT2D eigenvalue weighted by atomic mass is 16.3. The van der Waals surface area contributed by atoms with Crippen LogP contribution in [0.1, 0.15) is 11.1 Å². The van der Waals surface area contributed by atoms with Crippen molar-refractivity contribution in [2.45, 2.75) is 13.5 Å². The quantitative estimate of drug-likeness (QED) is 0.752. The molecule has 15 heavy (non-hydrogen) atoms. The zero-order valence-electron chi connectivity index (χ0n) is 8.66. The number of nitrogens with two attached hydrogens (primary N) is 1. The molecule has 0 amide bonds. The Bertz CT molecular complexity index is 435. The van der Waals surface area contributed by atoms with E-state index in [4.69, 9.17) is 10.2 Å². The first-order valence-electron chi connectivity index (χ1n) is 4.87. The molecule has 1 aromatic heterocycles. The second kappa shape index (κ2) is 4.09. The second-order valence-electron chi connectivity index (χ2n) is 3.50. The van der Waals surface area contributed by atoms with Crippen LogP contribution in [0.3, 0.4) is 0 Å². The van der Waals surface area contributed by atoms with Crippen molar-refractivity contribution in [2.75, 3.05) is 11.1 Å². The summed E-state index contributed by atoms with van der Waals surface area (Å²) in [6, 6.07) is 7.80. The van der Waals surface area contributed by atoms with E-state index in [0.717, 1.165) is 29.0 Å². The third kappa shape index (κ3) is 2.13. The summed E-state index contributed by atoms with van der Waals surface area (Å²) in [5.74, 6) is 0. The minimum atomic E-state index is 0.751. The summed E-state index contributed by atoms with van der Waals surface area (Å²) in [5.41, 5.74) is 9.90. The van der Waals surface area contributed by atoms with Gasteiger partial charge in [-0.15, -0.1) is 0 Å². The van der Waals surface area contributed by atoms with E-state index in [1.54, 1.807) is 12.5 Å². The topological polar surface area (TPSA) is 51.2 Å². The first-order valence-corrected chi connectivity index (χ1v) is 4.87. The smallest absolute Gasteiger partial charge is 0.0952 e. The minimum absolute atomic E-state index is 0.751. The number of nitrogen functional groups attached to an aromatic ring is 1. The molecule has 3 N–H and O–H groups in total. The van der Waals surface area contributed by atoms with Gasteiger partial charge in [0.15, 0.2) is 0 Å². The molecule has 0 aliphatic carbocycles. The van der Waals surface area contributed by atoms with Crippen LogP contribution in [0.4, 0.5) is 11.4 Å². The first-order chi connectivity index (χ1) is 7.27. The lowest BCUT2D eigenvalue weighted by atomic mass is 10.1. The molecule has 0 saturated carbocycles. The van der Waals surface area contributed by atoms with Crippen molar-refractivity contribution in [2.24, 2.45) is 0 Å². The van der Waals surface area contributed by atoms with Crippen LogP contribution < -0.4 is 11.1 Å². The molecule has 3 heteroatoms. The van der Waals surface area contributed by atoms with Gasteiger partial charge in [0, 0.05) is 23.5 Å². The van der Waals surface area contributed by atoms with Gasteiger partial charge in [0.1, 0.15) is 0 Å². The van der Waals surface area contributed by atoms with E-state index in [9.17, 15) is 0 Å². The maximum Gasteiger partial charge on any atom is 0.0952 e. The van der Waals surface area contributed by atoms with Gasteiger partial charge in [0.2, 0.25) is 0 Å². The third-order valence-electron chi connectivity index (χ3n) is 2.44. The molecule has 0 bridgehead atoms. The summed E-state index contributed by atoms with van der Waals surface area (Å²) in [6.45, 7) is 2.76. The summed E-state index contributed by atoms with van der Waals surface area (Å²) in [6.07, 6.45) is 3.40. The fraction of sp³-hybridized carbons (Fsp3) is 0.167. The van der Waals surface area contributed by atoms with Gasteiger partial charge < -0.3 is 15.5 Å². The minimum Gasteiger partial charge on any atom is -0.472 e. The molecule has 1 heterocycles. The molecule has 0 fully saturated rings. The SMILES string of the molecule is Cc1c(N)cccc1NCc1ccoc1. The monoisotopic (exact) mass is 202 g/mol. The third-order valence-corrected chi connectivity index (χ3v) is 2.44. The Morgan fingerprint density at radius 3 is 2.93 bits per heavy atom. The van der Waals surface area contributed by atoms with Crippen LogP contribution in [0, 0.1) is 6.92 Å². The maximum absolute atomic E-state index is 5.81. The van der Waals surface area contributed by atoms with Crippen LogP contribution in [0.15, 0.2) is 41.2 Å². The van der Waals surface area contributed by atoms with Crippen LogP contribution in [-0.2, 0) is 6.54 Å².